The number of ether oxygens (including phenoxy) is 1. The van der Waals surface area contributed by atoms with E-state index in [1.165, 1.54) is 34.0 Å². The van der Waals surface area contributed by atoms with Gasteiger partial charge in [0.1, 0.15) is 24.7 Å². The quantitative estimate of drug-likeness (QED) is 0.453. The van der Waals surface area contributed by atoms with Crippen molar-refractivity contribution >= 4 is 23.2 Å². The van der Waals surface area contributed by atoms with E-state index in [0.717, 1.165) is 17.7 Å². The van der Waals surface area contributed by atoms with Crippen molar-refractivity contribution in [2.24, 2.45) is 0 Å². The van der Waals surface area contributed by atoms with Crippen LogP contribution in [0.15, 0.2) is 78.7 Å². The van der Waals surface area contributed by atoms with Crippen molar-refractivity contribution in [2.45, 2.75) is 12.5 Å². The van der Waals surface area contributed by atoms with E-state index in [0.29, 0.717) is 18.7 Å². The predicted molar refractivity (Wildman–Crippen MR) is 127 cm³/mol. The number of carbonyl (C=O) groups excluding carboxylic acids is 2. The van der Waals surface area contributed by atoms with Crippen molar-refractivity contribution in [3.05, 3.63) is 101 Å². The van der Waals surface area contributed by atoms with Crippen molar-refractivity contribution in [3.63, 3.8) is 0 Å². The van der Waals surface area contributed by atoms with Gasteiger partial charge in [0, 0.05) is 23.5 Å². The molecule has 0 saturated heterocycles. The van der Waals surface area contributed by atoms with Gasteiger partial charge in [-0.2, -0.15) is 0 Å². The summed E-state index contributed by atoms with van der Waals surface area (Å²) in [6, 6.07) is 16.6. The molecule has 0 aliphatic carbocycles. The minimum absolute atomic E-state index is 0.0937. The standard InChI is InChI=1S/C26H25FN2O3S/c1-2-14-28(26(31)19-8-10-20(27)11-9-19)17-25(30)29-15-12-24-22(13-16-33-24)23(29)18-32-21-6-4-3-5-7-21/h2-11,13,16,23H,1,12,14-15,17-18H2/t23-/m1/s1. The summed E-state index contributed by atoms with van der Waals surface area (Å²) in [7, 11) is 0. The van der Waals surface area contributed by atoms with Gasteiger partial charge in [0.15, 0.2) is 0 Å². The van der Waals surface area contributed by atoms with E-state index in [-0.39, 0.29) is 30.9 Å². The first-order valence-corrected chi connectivity index (χ1v) is 11.6. The van der Waals surface area contributed by atoms with Gasteiger partial charge < -0.3 is 14.5 Å². The Bertz CT molecular complexity index is 1110. The van der Waals surface area contributed by atoms with Crippen LogP contribution in [0.25, 0.3) is 0 Å². The van der Waals surface area contributed by atoms with E-state index in [1.807, 2.05) is 41.8 Å². The zero-order valence-electron chi connectivity index (χ0n) is 18.2. The number of para-hydroxylation sites is 1. The summed E-state index contributed by atoms with van der Waals surface area (Å²) in [6.07, 6.45) is 2.35. The number of hydrogen-bond acceptors (Lipinski definition) is 4. The molecule has 4 rings (SSSR count). The predicted octanol–water partition coefficient (Wildman–Crippen LogP) is 4.72. The normalized spacial score (nSPS) is 14.9. The van der Waals surface area contributed by atoms with E-state index >= 15 is 0 Å². The lowest BCUT2D eigenvalue weighted by Crippen LogP contribution is -2.47. The molecule has 0 fully saturated rings. The van der Waals surface area contributed by atoms with Crippen LogP contribution >= 0.6 is 11.3 Å². The Balaban J connectivity index is 1.51. The van der Waals surface area contributed by atoms with Gasteiger partial charge in [-0.1, -0.05) is 24.3 Å². The van der Waals surface area contributed by atoms with Crippen LogP contribution in [0, 0.1) is 5.82 Å². The van der Waals surface area contributed by atoms with Gasteiger partial charge in [-0.05, 0) is 59.8 Å². The zero-order valence-corrected chi connectivity index (χ0v) is 19.0. The second-order valence-electron chi connectivity index (χ2n) is 7.76. The highest BCUT2D eigenvalue weighted by Crippen LogP contribution is 2.34. The Morgan fingerprint density at radius 3 is 2.64 bits per heavy atom. The highest BCUT2D eigenvalue weighted by atomic mass is 32.1. The van der Waals surface area contributed by atoms with E-state index < -0.39 is 5.82 Å². The van der Waals surface area contributed by atoms with E-state index in [1.54, 1.807) is 22.3 Å². The molecule has 170 valence electrons. The van der Waals surface area contributed by atoms with Crippen molar-refractivity contribution in [3.8, 4) is 5.75 Å². The second-order valence-corrected chi connectivity index (χ2v) is 8.76. The molecule has 7 heteroatoms. The molecule has 1 aliphatic heterocycles. The molecule has 0 N–H and O–H groups in total. The van der Waals surface area contributed by atoms with Crippen LogP contribution in [0.1, 0.15) is 26.8 Å². The number of nitrogens with zero attached hydrogens (tertiary/aromatic N) is 2. The Morgan fingerprint density at radius 1 is 1.15 bits per heavy atom. The fourth-order valence-corrected chi connectivity index (χ4v) is 4.90. The van der Waals surface area contributed by atoms with Gasteiger partial charge >= 0.3 is 0 Å². The Hall–Kier alpha value is -3.45. The number of rotatable bonds is 8. The van der Waals surface area contributed by atoms with Gasteiger partial charge in [-0.15, -0.1) is 17.9 Å². The first-order valence-electron chi connectivity index (χ1n) is 10.8. The number of benzene rings is 2. The summed E-state index contributed by atoms with van der Waals surface area (Å²) in [6.45, 7) is 4.72. The molecule has 2 aromatic carbocycles. The number of amides is 2. The number of hydrogen-bond donors (Lipinski definition) is 0. The molecule has 0 spiro atoms. The fourth-order valence-electron chi connectivity index (χ4n) is 3.97. The first kappa shape index (κ1) is 22.7. The largest absolute Gasteiger partial charge is 0.491 e. The molecule has 5 nitrogen and oxygen atoms in total. The molecule has 2 amide bonds. The van der Waals surface area contributed by atoms with Crippen LogP contribution in [0.3, 0.4) is 0 Å². The molecule has 2 heterocycles. The highest BCUT2D eigenvalue weighted by molar-refractivity contribution is 7.10. The van der Waals surface area contributed by atoms with Gasteiger partial charge in [-0.25, -0.2) is 4.39 Å². The fraction of sp³-hybridized carbons (Fsp3) is 0.231. The molecule has 0 radical (unpaired) electrons. The average molecular weight is 465 g/mol. The maximum Gasteiger partial charge on any atom is 0.254 e. The van der Waals surface area contributed by atoms with Crippen LogP contribution < -0.4 is 4.74 Å². The summed E-state index contributed by atoms with van der Waals surface area (Å²) in [5.74, 6) is -0.176. The Morgan fingerprint density at radius 2 is 1.91 bits per heavy atom. The van der Waals surface area contributed by atoms with Crippen molar-refractivity contribution in [1.82, 2.24) is 9.80 Å². The van der Waals surface area contributed by atoms with Crippen LogP contribution in [-0.4, -0.2) is 47.9 Å². The third-order valence-corrected chi connectivity index (χ3v) is 6.62. The number of halogens is 1. The topological polar surface area (TPSA) is 49.9 Å². The maximum absolute atomic E-state index is 13.4. The molecule has 0 saturated carbocycles. The lowest BCUT2D eigenvalue weighted by Gasteiger charge is -2.37. The van der Waals surface area contributed by atoms with Crippen molar-refractivity contribution in [1.29, 1.82) is 0 Å². The number of carbonyl (C=O) groups is 2. The summed E-state index contributed by atoms with van der Waals surface area (Å²) >= 11 is 1.69. The minimum atomic E-state index is -0.418. The Kier molecular flexibility index (Phi) is 7.19. The lowest BCUT2D eigenvalue weighted by atomic mass is 10.0. The summed E-state index contributed by atoms with van der Waals surface area (Å²) in [5.41, 5.74) is 1.42. The van der Waals surface area contributed by atoms with Gasteiger partial charge in [0.2, 0.25) is 5.91 Å². The second kappa shape index (κ2) is 10.4. The highest BCUT2D eigenvalue weighted by Gasteiger charge is 2.33. The summed E-state index contributed by atoms with van der Waals surface area (Å²) < 4.78 is 19.3. The monoisotopic (exact) mass is 464 g/mol. The molecule has 1 aliphatic rings. The van der Waals surface area contributed by atoms with E-state index in [2.05, 4.69) is 6.58 Å². The molecule has 0 bridgehead atoms. The zero-order chi connectivity index (χ0) is 23.2. The van der Waals surface area contributed by atoms with Crippen molar-refractivity contribution < 1.29 is 18.7 Å². The maximum atomic E-state index is 13.4. The third-order valence-electron chi connectivity index (χ3n) is 5.62. The van der Waals surface area contributed by atoms with Gasteiger partial charge in [0.25, 0.3) is 5.91 Å². The van der Waals surface area contributed by atoms with Crippen LogP contribution in [0.4, 0.5) is 4.39 Å². The summed E-state index contributed by atoms with van der Waals surface area (Å²) in [4.78, 5) is 30.9. The van der Waals surface area contributed by atoms with Crippen molar-refractivity contribution in [2.75, 3.05) is 26.2 Å². The average Bonchev–Trinajstić information content (AvgIpc) is 3.32. The minimum Gasteiger partial charge on any atom is -0.491 e. The molecule has 1 aromatic heterocycles. The third kappa shape index (κ3) is 5.31. The van der Waals surface area contributed by atoms with Gasteiger partial charge in [0.05, 0.1) is 6.04 Å². The smallest absolute Gasteiger partial charge is 0.254 e. The van der Waals surface area contributed by atoms with E-state index in [4.69, 9.17) is 4.74 Å². The Labute approximate surface area is 196 Å². The van der Waals surface area contributed by atoms with Crippen LogP contribution in [0.2, 0.25) is 0 Å². The SMILES string of the molecule is C=CCN(CC(=O)N1CCc2sccc2[C@H]1COc1ccccc1)C(=O)c1ccc(F)cc1. The molecular formula is C26H25FN2O3S. The molecule has 3 aromatic rings. The summed E-state index contributed by atoms with van der Waals surface area (Å²) in [5, 5.41) is 2.04. The van der Waals surface area contributed by atoms with Crippen LogP contribution in [-0.2, 0) is 11.2 Å². The molecule has 33 heavy (non-hydrogen) atoms. The lowest BCUT2D eigenvalue weighted by molar-refractivity contribution is -0.135. The molecular weight excluding hydrogens is 439 g/mol. The van der Waals surface area contributed by atoms with E-state index in [9.17, 15) is 14.0 Å². The molecule has 1 atom stereocenters. The number of thiophene rings is 1. The molecule has 0 unspecified atom stereocenters. The first-order chi connectivity index (χ1) is 16.1. The van der Waals surface area contributed by atoms with Gasteiger partial charge in [-0.3, -0.25) is 9.59 Å². The van der Waals surface area contributed by atoms with Crippen LogP contribution in [0.5, 0.6) is 5.75 Å². The number of fused-ring (bicyclic) bond motifs is 1.